The molecule has 2 aromatic carbocycles. The van der Waals surface area contributed by atoms with E-state index in [1.807, 2.05) is 32.0 Å². The van der Waals surface area contributed by atoms with Gasteiger partial charge in [0, 0.05) is 22.4 Å². The molecular formula is C26H28N2O5. The number of fused-ring (bicyclic) bond motifs is 6. The molecule has 0 aromatic heterocycles. The minimum absolute atomic E-state index is 0.144. The molecule has 7 nitrogen and oxygen atoms in total. The number of aliphatic hydroxyl groups is 1. The van der Waals surface area contributed by atoms with Gasteiger partial charge in [0.2, 0.25) is 5.91 Å². The van der Waals surface area contributed by atoms with Gasteiger partial charge < -0.3 is 19.5 Å². The van der Waals surface area contributed by atoms with Crippen molar-refractivity contribution in [2.75, 3.05) is 14.2 Å². The van der Waals surface area contributed by atoms with Crippen molar-refractivity contribution in [2.45, 2.75) is 44.5 Å². The number of ether oxygens (including phenoxy) is 2. The van der Waals surface area contributed by atoms with Crippen molar-refractivity contribution in [1.29, 1.82) is 0 Å². The monoisotopic (exact) mass is 448 g/mol. The molecule has 1 fully saturated rings. The molecule has 3 atom stereocenters. The first kappa shape index (κ1) is 21.5. The topological polar surface area (TPSA) is 79.3 Å². The second-order valence-corrected chi connectivity index (χ2v) is 9.33. The van der Waals surface area contributed by atoms with Crippen molar-refractivity contribution in [3.8, 4) is 11.5 Å². The zero-order valence-corrected chi connectivity index (χ0v) is 19.3. The summed E-state index contributed by atoms with van der Waals surface area (Å²) in [6.45, 7) is 8.26. The molecule has 33 heavy (non-hydrogen) atoms. The summed E-state index contributed by atoms with van der Waals surface area (Å²) in [5, 5.41) is 12.3. The van der Waals surface area contributed by atoms with Crippen LogP contribution in [0.1, 0.15) is 47.3 Å². The van der Waals surface area contributed by atoms with Crippen LogP contribution in [0.5, 0.6) is 11.5 Å². The van der Waals surface area contributed by atoms with E-state index in [1.165, 1.54) is 4.90 Å². The van der Waals surface area contributed by atoms with Gasteiger partial charge in [0.1, 0.15) is 6.04 Å². The van der Waals surface area contributed by atoms with Crippen LogP contribution in [0.3, 0.4) is 0 Å². The fourth-order valence-corrected chi connectivity index (χ4v) is 5.63. The summed E-state index contributed by atoms with van der Waals surface area (Å²) in [5.74, 6) is 0.719. The molecule has 0 saturated carbocycles. The number of piperazine rings is 1. The lowest BCUT2D eigenvalue weighted by atomic mass is 9.79. The Bertz CT molecular complexity index is 1190. The zero-order chi connectivity index (χ0) is 23.7. The highest BCUT2D eigenvalue weighted by molar-refractivity contribution is 6.05. The van der Waals surface area contributed by atoms with E-state index in [9.17, 15) is 14.7 Å². The average Bonchev–Trinajstić information content (AvgIpc) is 3.03. The summed E-state index contributed by atoms with van der Waals surface area (Å²) in [5.41, 5.74) is 1.45. The van der Waals surface area contributed by atoms with Gasteiger partial charge in [-0.25, -0.2) is 0 Å². The molecule has 0 radical (unpaired) electrons. The number of rotatable bonds is 4. The SMILES string of the molecule is C=C1c2cc(OC)c(OC)cc2C[C@H]2N1C(=O)[C@@H](CC(C)C)N1C(=O)c3ccccc3[C@@]21O. The minimum atomic E-state index is -1.66. The Morgan fingerprint density at radius 1 is 1.12 bits per heavy atom. The maximum Gasteiger partial charge on any atom is 0.257 e. The van der Waals surface area contributed by atoms with Crippen molar-refractivity contribution < 1.29 is 24.2 Å². The Kier molecular flexibility index (Phi) is 4.79. The van der Waals surface area contributed by atoms with Crippen LogP contribution in [-0.2, 0) is 16.9 Å². The summed E-state index contributed by atoms with van der Waals surface area (Å²) in [6, 6.07) is 9.27. The zero-order valence-electron chi connectivity index (χ0n) is 19.3. The molecule has 0 aliphatic carbocycles. The summed E-state index contributed by atoms with van der Waals surface area (Å²) in [4.78, 5) is 30.4. The van der Waals surface area contributed by atoms with Gasteiger partial charge in [-0.2, -0.15) is 0 Å². The van der Waals surface area contributed by atoms with Crippen molar-refractivity contribution >= 4 is 17.5 Å². The summed E-state index contributed by atoms with van der Waals surface area (Å²) in [7, 11) is 3.13. The number of hydrogen-bond acceptors (Lipinski definition) is 5. The molecule has 7 heteroatoms. The second-order valence-electron chi connectivity index (χ2n) is 9.33. The number of hydrogen-bond donors (Lipinski definition) is 1. The van der Waals surface area contributed by atoms with Gasteiger partial charge in [-0.3, -0.25) is 14.5 Å². The molecular weight excluding hydrogens is 420 g/mol. The molecule has 3 heterocycles. The Morgan fingerprint density at radius 2 is 1.79 bits per heavy atom. The first-order valence-corrected chi connectivity index (χ1v) is 11.2. The van der Waals surface area contributed by atoms with E-state index in [0.29, 0.717) is 41.2 Å². The number of carbonyl (C=O) groups excluding carboxylic acids is 2. The van der Waals surface area contributed by atoms with E-state index in [2.05, 4.69) is 6.58 Å². The van der Waals surface area contributed by atoms with E-state index < -0.39 is 17.8 Å². The van der Waals surface area contributed by atoms with E-state index >= 15 is 0 Å². The quantitative estimate of drug-likeness (QED) is 0.777. The van der Waals surface area contributed by atoms with Crippen LogP contribution in [0.15, 0.2) is 43.0 Å². The van der Waals surface area contributed by atoms with Gasteiger partial charge in [-0.1, -0.05) is 38.6 Å². The summed E-state index contributed by atoms with van der Waals surface area (Å²) in [6.07, 6.45) is 0.777. The third-order valence-corrected chi connectivity index (χ3v) is 7.07. The minimum Gasteiger partial charge on any atom is -0.493 e. The lowest BCUT2D eigenvalue weighted by Gasteiger charge is -2.55. The van der Waals surface area contributed by atoms with Crippen molar-refractivity contribution in [2.24, 2.45) is 5.92 Å². The van der Waals surface area contributed by atoms with Gasteiger partial charge in [0.15, 0.2) is 17.2 Å². The van der Waals surface area contributed by atoms with E-state index in [-0.39, 0.29) is 17.7 Å². The third kappa shape index (κ3) is 2.78. The van der Waals surface area contributed by atoms with Gasteiger partial charge in [0.25, 0.3) is 5.91 Å². The molecule has 172 valence electrons. The van der Waals surface area contributed by atoms with Crippen molar-refractivity contribution in [3.63, 3.8) is 0 Å². The maximum atomic E-state index is 13.9. The molecule has 0 unspecified atom stereocenters. The van der Waals surface area contributed by atoms with Gasteiger partial charge >= 0.3 is 0 Å². The number of amides is 2. The average molecular weight is 449 g/mol. The first-order chi connectivity index (χ1) is 15.7. The van der Waals surface area contributed by atoms with Crippen LogP contribution in [0.4, 0.5) is 0 Å². The van der Waals surface area contributed by atoms with Crippen molar-refractivity contribution in [1.82, 2.24) is 9.80 Å². The van der Waals surface area contributed by atoms with Crippen LogP contribution in [0.2, 0.25) is 0 Å². The molecule has 0 bridgehead atoms. The second kappa shape index (κ2) is 7.35. The molecule has 1 saturated heterocycles. The van der Waals surface area contributed by atoms with E-state index in [4.69, 9.17) is 9.47 Å². The van der Waals surface area contributed by atoms with E-state index in [0.717, 1.165) is 11.1 Å². The summed E-state index contributed by atoms with van der Waals surface area (Å²) < 4.78 is 10.9. The van der Waals surface area contributed by atoms with Crippen LogP contribution in [0, 0.1) is 5.92 Å². The normalized spacial score (nSPS) is 25.6. The van der Waals surface area contributed by atoms with Crippen LogP contribution in [-0.4, -0.2) is 53.0 Å². The van der Waals surface area contributed by atoms with Crippen LogP contribution < -0.4 is 9.47 Å². The number of carbonyl (C=O) groups is 2. The highest BCUT2D eigenvalue weighted by atomic mass is 16.5. The van der Waals surface area contributed by atoms with Crippen LogP contribution >= 0.6 is 0 Å². The maximum absolute atomic E-state index is 13.9. The third-order valence-electron chi connectivity index (χ3n) is 7.07. The van der Waals surface area contributed by atoms with E-state index in [1.54, 1.807) is 37.3 Å². The van der Waals surface area contributed by atoms with Gasteiger partial charge in [-0.15, -0.1) is 0 Å². The molecule has 0 spiro atoms. The van der Waals surface area contributed by atoms with Crippen molar-refractivity contribution in [3.05, 3.63) is 65.2 Å². The van der Waals surface area contributed by atoms with Gasteiger partial charge in [-0.05, 0) is 42.5 Å². The molecule has 5 rings (SSSR count). The number of nitrogens with zero attached hydrogens (tertiary/aromatic N) is 2. The molecule has 1 N–H and O–H groups in total. The predicted octanol–water partition coefficient (Wildman–Crippen LogP) is 3.16. The highest BCUT2D eigenvalue weighted by Crippen LogP contribution is 2.52. The Hall–Kier alpha value is -3.32. The molecule has 3 aliphatic heterocycles. The fraction of sp³-hybridized carbons (Fsp3) is 0.385. The Labute approximate surface area is 193 Å². The lowest BCUT2D eigenvalue weighted by molar-refractivity contribution is -0.192. The lowest BCUT2D eigenvalue weighted by Crippen LogP contribution is -2.71. The largest absolute Gasteiger partial charge is 0.493 e. The summed E-state index contributed by atoms with van der Waals surface area (Å²) >= 11 is 0. The van der Waals surface area contributed by atoms with Gasteiger partial charge in [0.05, 0.1) is 20.3 Å². The Balaban J connectivity index is 1.73. The predicted molar refractivity (Wildman–Crippen MR) is 123 cm³/mol. The molecule has 2 amide bonds. The smallest absolute Gasteiger partial charge is 0.257 e. The highest BCUT2D eigenvalue weighted by Gasteiger charge is 2.64. The number of methoxy groups -OCH3 is 2. The fourth-order valence-electron chi connectivity index (χ4n) is 5.63. The Morgan fingerprint density at radius 3 is 2.45 bits per heavy atom. The molecule has 3 aliphatic rings. The number of benzene rings is 2. The van der Waals surface area contributed by atoms with Crippen LogP contribution in [0.25, 0.3) is 5.70 Å². The molecule has 2 aromatic rings. The first-order valence-electron chi connectivity index (χ1n) is 11.2. The standard InChI is InChI=1S/C26H28N2O5/c1-14(2)10-20-25(30)27-15(3)18-13-22(33-5)21(32-4)11-16(18)12-23(27)26(31)19-9-7-6-8-17(19)24(29)28(20)26/h6-9,11,13-14,20,23,31H,3,10,12H2,1-2,4-5H3/t20-,23-,26-/m1/s1.